The third-order valence-corrected chi connectivity index (χ3v) is 2.91. The summed E-state index contributed by atoms with van der Waals surface area (Å²) in [5, 5.41) is 4.45. The Labute approximate surface area is 110 Å². The van der Waals surface area contributed by atoms with Crippen molar-refractivity contribution in [2.75, 3.05) is 0 Å². The van der Waals surface area contributed by atoms with Crippen LogP contribution in [0.15, 0.2) is 22.9 Å². The molecule has 0 fully saturated rings. The maximum atomic E-state index is 5.96. The average molecular weight is 267 g/mol. The third kappa shape index (κ3) is 3.05. The Hall–Kier alpha value is -1.46. The zero-order valence-corrected chi connectivity index (χ0v) is 11.1. The lowest BCUT2D eigenvalue weighted by molar-refractivity contribution is 0.353. The quantitative estimate of drug-likeness (QED) is 0.919. The smallest absolute Gasteiger partial charge is 0.228 e. The van der Waals surface area contributed by atoms with E-state index in [9.17, 15) is 0 Å². The van der Waals surface area contributed by atoms with Crippen molar-refractivity contribution in [2.24, 2.45) is 11.7 Å². The lowest BCUT2D eigenvalue weighted by atomic mass is 10.0. The van der Waals surface area contributed by atoms with Crippen LogP contribution in [0.5, 0.6) is 0 Å². The molecule has 1 atom stereocenters. The van der Waals surface area contributed by atoms with Gasteiger partial charge in [-0.25, -0.2) is 0 Å². The van der Waals surface area contributed by atoms with Crippen LogP contribution in [0.4, 0.5) is 0 Å². The van der Waals surface area contributed by atoms with Gasteiger partial charge in [-0.3, -0.25) is 4.98 Å². The molecular weight excluding hydrogens is 252 g/mol. The molecule has 0 aliphatic carbocycles. The molecule has 1 unspecified atom stereocenters. The fourth-order valence-corrected chi connectivity index (χ4v) is 1.50. The lowest BCUT2D eigenvalue weighted by Gasteiger charge is -2.11. The first-order valence-electron chi connectivity index (χ1n) is 5.76. The van der Waals surface area contributed by atoms with Crippen molar-refractivity contribution in [3.63, 3.8) is 0 Å². The molecule has 0 aromatic carbocycles. The fourth-order valence-electron chi connectivity index (χ4n) is 1.39. The minimum Gasteiger partial charge on any atom is -0.339 e. The van der Waals surface area contributed by atoms with Gasteiger partial charge in [0.05, 0.1) is 5.02 Å². The van der Waals surface area contributed by atoms with E-state index >= 15 is 0 Å². The molecule has 0 aliphatic rings. The lowest BCUT2D eigenvalue weighted by Crippen LogP contribution is -2.28. The van der Waals surface area contributed by atoms with Gasteiger partial charge in [-0.15, -0.1) is 0 Å². The molecule has 18 heavy (non-hydrogen) atoms. The van der Waals surface area contributed by atoms with Gasteiger partial charge in [-0.05, 0) is 18.1 Å². The minimum absolute atomic E-state index is 0.0106. The van der Waals surface area contributed by atoms with E-state index in [1.807, 2.05) is 0 Å². The molecule has 2 rings (SSSR count). The maximum absolute atomic E-state index is 5.96. The van der Waals surface area contributed by atoms with E-state index in [0.717, 1.165) is 0 Å². The summed E-state index contributed by atoms with van der Waals surface area (Å²) in [5.41, 5.74) is 6.59. The van der Waals surface area contributed by atoms with Gasteiger partial charge in [0.25, 0.3) is 0 Å². The van der Waals surface area contributed by atoms with E-state index in [1.165, 1.54) is 0 Å². The summed E-state index contributed by atoms with van der Waals surface area (Å²) >= 11 is 5.76. The van der Waals surface area contributed by atoms with Crippen molar-refractivity contribution < 1.29 is 4.52 Å². The van der Waals surface area contributed by atoms with Crippen LogP contribution < -0.4 is 5.73 Å². The molecule has 0 bridgehead atoms. The number of nitrogens with zero attached hydrogens (tertiary/aromatic N) is 3. The third-order valence-electron chi connectivity index (χ3n) is 2.69. The van der Waals surface area contributed by atoms with Gasteiger partial charge >= 0.3 is 0 Å². The predicted octanol–water partition coefficient (Wildman–Crippen LogP) is 2.31. The Morgan fingerprint density at radius 1 is 1.39 bits per heavy atom. The van der Waals surface area contributed by atoms with Crippen molar-refractivity contribution in [3.05, 3.63) is 29.2 Å². The summed E-state index contributed by atoms with van der Waals surface area (Å²) in [6.45, 7) is 4.12. The van der Waals surface area contributed by atoms with Gasteiger partial charge in [0.2, 0.25) is 11.7 Å². The highest BCUT2D eigenvalue weighted by Gasteiger charge is 2.15. The first-order chi connectivity index (χ1) is 8.56. The van der Waals surface area contributed by atoms with Crippen molar-refractivity contribution in [3.8, 4) is 11.5 Å². The average Bonchev–Trinajstić information content (AvgIpc) is 2.78. The topological polar surface area (TPSA) is 77.8 Å². The Balaban J connectivity index is 2.13. The van der Waals surface area contributed by atoms with Crippen molar-refractivity contribution in [1.82, 2.24) is 15.1 Å². The summed E-state index contributed by atoms with van der Waals surface area (Å²) in [6.07, 6.45) is 2.12. The van der Waals surface area contributed by atoms with E-state index in [2.05, 4.69) is 29.0 Å². The number of rotatable bonds is 4. The molecule has 2 aromatic rings. The van der Waals surface area contributed by atoms with Crippen molar-refractivity contribution >= 4 is 11.6 Å². The monoisotopic (exact) mass is 266 g/mol. The standard InChI is InChI=1S/C12H15ClN4O/c1-7(2)9(14)5-11-16-12(17-18-11)10-4-3-8(13)6-15-10/h3-4,6-7,9H,5,14H2,1-2H3. The van der Waals surface area contributed by atoms with E-state index in [4.69, 9.17) is 21.9 Å². The van der Waals surface area contributed by atoms with Crippen LogP contribution in [0.2, 0.25) is 5.02 Å². The molecule has 0 saturated carbocycles. The van der Waals surface area contributed by atoms with Crippen LogP contribution in [0, 0.1) is 5.92 Å². The Morgan fingerprint density at radius 3 is 2.78 bits per heavy atom. The van der Waals surface area contributed by atoms with Crippen molar-refractivity contribution in [2.45, 2.75) is 26.3 Å². The molecule has 2 aromatic heterocycles. The van der Waals surface area contributed by atoms with Crippen molar-refractivity contribution in [1.29, 1.82) is 0 Å². The Morgan fingerprint density at radius 2 is 2.17 bits per heavy atom. The van der Waals surface area contributed by atoms with Crippen LogP contribution >= 0.6 is 11.6 Å². The zero-order valence-electron chi connectivity index (χ0n) is 10.3. The fraction of sp³-hybridized carbons (Fsp3) is 0.417. The number of halogens is 1. The number of aromatic nitrogens is 3. The van der Waals surface area contributed by atoms with E-state index in [-0.39, 0.29) is 6.04 Å². The van der Waals surface area contributed by atoms with Gasteiger partial charge in [-0.2, -0.15) is 4.98 Å². The highest BCUT2D eigenvalue weighted by molar-refractivity contribution is 6.30. The highest BCUT2D eigenvalue weighted by Crippen LogP contribution is 2.16. The summed E-state index contributed by atoms with van der Waals surface area (Å²) < 4.78 is 5.16. The van der Waals surface area contributed by atoms with E-state index in [0.29, 0.717) is 34.8 Å². The van der Waals surface area contributed by atoms with Crippen LogP contribution in [0.25, 0.3) is 11.5 Å². The summed E-state index contributed by atoms with van der Waals surface area (Å²) in [4.78, 5) is 8.40. The second-order valence-corrected chi connectivity index (χ2v) is 4.92. The maximum Gasteiger partial charge on any atom is 0.228 e. The van der Waals surface area contributed by atoms with E-state index in [1.54, 1.807) is 18.3 Å². The van der Waals surface area contributed by atoms with Gasteiger partial charge in [0.1, 0.15) is 5.69 Å². The Kier molecular flexibility index (Phi) is 3.93. The molecule has 2 N–H and O–H groups in total. The molecule has 5 nitrogen and oxygen atoms in total. The van der Waals surface area contributed by atoms with Gasteiger partial charge in [0, 0.05) is 18.7 Å². The summed E-state index contributed by atoms with van der Waals surface area (Å²) in [6, 6.07) is 3.50. The SMILES string of the molecule is CC(C)C(N)Cc1nc(-c2ccc(Cl)cn2)no1. The van der Waals surface area contributed by atoms with Gasteiger partial charge in [0.15, 0.2) is 0 Å². The first kappa shape index (κ1) is 13.0. The minimum atomic E-state index is 0.0106. The van der Waals surface area contributed by atoms with Gasteiger partial charge in [-0.1, -0.05) is 30.6 Å². The molecule has 0 saturated heterocycles. The molecule has 0 amide bonds. The summed E-state index contributed by atoms with van der Waals surface area (Å²) in [5.74, 6) is 1.36. The number of pyridine rings is 1. The highest BCUT2D eigenvalue weighted by atomic mass is 35.5. The normalized spacial score (nSPS) is 12.9. The molecule has 6 heteroatoms. The van der Waals surface area contributed by atoms with Crippen LogP contribution in [0.3, 0.4) is 0 Å². The molecule has 2 heterocycles. The first-order valence-corrected chi connectivity index (χ1v) is 6.14. The largest absolute Gasteiger partial charge is 0.339 e. The second-order valence-electron chi connectivity index (χ2n) is 4.49. The molecule has 96 valence electrons. The number of nitrogens with two attached hydrogens (primary N) is 1. The van der Waals surface area contributed by atoms with E-state index < -0.39 is 0 Å². The second kappa shape index (κ2) is 5.46. The number of hydrogen-bond acceptors (Lipinski definition) is 5. The molecule has 0 spiro atoms. The summed E-state index contributed by atoms with van der Waals surface area (Å²) in [7, 11) is 0. The van der Waals surface area contributed by atoms with Crippen LogP contribution in [-0.2, 0) is 6.42 Å². The number of hydrogen-bond donors (Lipinski definition) is 1. The molecule has 0 radical (unpaired) electrons. The van der Waals surface area contributed by atoms with Crippen LogP contribution in [0.1, 0.15) is 19.7 Å². The predicted molar refractivity (Wildman–Crippen MR) is 69.1 cm³/mol. The van der Waals surface area contributed by atoms with Crippen LogP contribution in [-0.4, -0.2) is 21.2 Å². The zero-order chi connectivity index (χ0) is 13.1. The Bertz CT molecular complexity index is 509. The molecule has 0 aliphatic heterocycles. The van der Waals surface area contributed by atoms with Gasteiger partial charge < -0.3 is 10.3 Å². The molecular formula is C12H15ClN4O.